The first-order valence-electron chi connectivity index (χ1n) is 9.66. The first-order chi connectivity index (χ1) is 13.4. The first-order valence-corrected chi connectivity index (χ1v) is 11.0. The van der Waals surface area contributed by atoms with Crippen molar-refractivity contribution in [2.75, 3.05) is 26.3 Å². The molecule has 1 heterocycles. The normalized spacial score (nSPS) is 21.1. The molecule has 1 amide bonds. The number of nitrogens with zero attached hydrogens (tertiary/aromatic N) is 1. The van der Waals surface area contributed by atoms with Gasteiger partial charge in [-0.05, 0) is 53.7 Å². The Labute approximate surface area is 176 Å². The van der Waals surface area contributed by atoms with E-state index in [-0.39, 0.29) is 19.2 Å². The van der Waals surface area contributed by atoms with Gasteiger partial charge in [0.05, 0.1) is 35.3 Å². The molecule has 7 nitrogen and oxygen atoms in total. The van der Waals surface area contributed by atoms with E-state index in [2.05, 4.69) is 0 Å². The van der Waals surface area contributed by atoms with Crippen LogP contribution in [0.1, 0.15) is 40.2 Å². The highest BCUT2D eigenvalue weighted by Crippen LogP contribution is 2.32. The summed E-state index contributed by atoms with van der Waals surface area (Å²) in [6.45, 7) is 11.3. The SMILES string of the molecule is COCO[C@H](CS(=O)c1ccc(C)cc1)[C@@H]1COC(C)(C)N1C(=O)OC(C)(C)C. The van der Waals surface area contributed by atoms with E-state index >= 15 is 0 Å². The monoisotopic (exact) mass is 427 g/mol. The summed E-state index contributed by atoms with van der Waals surface area (Å²) in [5.74, 6) is 0.204. The second-order valence-electron chi connectivity index (χ2n) is 8.61. The molecule has 1 aromatic rings. The number of amides is 1. The zero-order valence-corrected chi connectivity index (χ0v) is 19.2. The molecular weight excluding hydrogens is 394 g/mol. The summed E-state index contributed by atoms with van der Waals surface area (Å²) in [5.41, 5.74) is -0.416. The molecule has 164 valence electrons. The summed E-state index contributed by atoms with van der Waals surface area (Å²) in [5, 5.41) is 0. The van der Waals surface area contributed by atoms with Crippen LogP contribution in [0.3, 0.4) is 0 Å². The largest absolute Gasteiger partial charge is 0.444 e. The van der Waals surface area contributed by atoms with Crippen LogP contribution < -0.4 is 0 Å². The predicted molar refractivity (Wildman–Crippen MR) is 111 cm³/mol. The molecule has 0 spiro atoms. The van der Waals surface area contributed by atoms with Gasteiger partial charge in [-0.25, -0.2) is 4.79 Å². The fourth-order valence-electron chi connectivity index (χ4n) is 3.13. The maximum absolute atomic E-state index is 13.0. The van der Waals surface area contributed by atoms with Gasteiger partial charge in [-0.1, -0.05) is 17.7 Å². The van der Waals surface area contributed by atoms with Crippen molar-refractivity contribution < 1.29 is 28.0 Å². The van der Waals surface area contributed by atoms with E-state index in [9.17, 15) is 9.00 Å². The third-order valence-corrected chi connectivity index (χ3v) is 5.97. The van der Waals surface area contributed by atoms with Crippen molar-refractivity contribution >= 4 is 16.9 Å². The summed E-state index contributed by atoms with van der Waals surface area (Å²) >= 11 is 0. The van der Waals surface area contributed by atoms with E-state index in [0.29, 0.717) is 4.90 Å². The maximum Gasteiger partial charge on any atom is 0.412 e. The zero-order chi connectivity index (χ0) is 21.8. The zero-order valence-electron chi connectivity index (χ0n) is 18.4. The van der Waals surface area contributed by atoms with Gasteiger partial charge in [0, 0.05) is 12.0 Å². The molecule has 0 bridgehead atoms. The second-order valence-corrected chi connectivity index (χ2v) is 10.1. The Bertz CT molecular complexity index is 713. The van der Waals surface area contributed by atoms with Gasteiger partial charge in [-0.3, -0.25) is 9.11 Å². The molecule has 3 atom stereocenters. The lowest BCUT2D eigenvalue weighted by molar-refractivity contribution is -0.0968. The van der Waals surface area contributed by atoms with E-state index in [1.807, 2.05) is 52.0 Å². The highest BCUT2D eigenvalue weighted by molar-refractivity contribution is 7.85. The van der Waals surface area contributed by atoms with Gasteiger partial charge in [0.1, 0.15) is 18.1 Å². The number of carbonyl (C=O) groups excluding carboxylic acids is 1. The van der Waals surface area contributed by atoms with Crippen molar-refractivity contribution in [1.82, 2.24) is 4.90 Å². The molecule has 0 radical (unpaired) electrons. The minimum atomic E-state index is -1.31. The number of hydrogen-bond acceptors (Lipinski definition) is 6. The lowest BCUT2D eigenvalue weighted by Crippen LogP contribution is -2.54. The van der Waals surface area contributed by atoms with Crippen molar-refractivity contribution in [2.45, 2.75) is 69.9 Å². The Morgan fingerprint density at radius 3 is 2.48 bits per heavy atom. The highest BCUT2D eigenvalue weighted by Gasteiger charge is 2.49. The van der Waals surface area contributed by atoms with Crippen LogP contribution >= 0.6 is 0 Å². The van der Waals surface area contributed by atoms with Crippen molar-refractivity contribution in [3.8, 4) is 0 Å². The lowest BCUT2D eigenvalue weighted by Gasteiger charge is -2.37. The van der Waals surface area contributed by atoms with Crippen LogP contribution in [0.15, 0.2) is 29.2 Å². The Hall–Kier alpha value is -1.48. The van der Waals surface area contributed by atoms with Gasteiger partial charge in [-0.2, -0.15) is 0 Å². The molecule has 1 aromatic carbocycles. The second kappa shape index (κ2) is 9.55. The summed E-state index contributed by atoms with van der Waals surface area (Å²) in [6, 6.07) is 7.09. The Kier molecular flexibility index (Phi) is 7.84. The van der Waals surface area contributed by atoms with Crippen molar-refractivity contribution in [3.05, 3.63) is 29.8 Å². The summed E-state index contributed by atoms with van der Waals surface area (Å²) in [6.07, 6.45) is -1.04. The number of ether oxygens (including phenoxy) is 4. The molecule has 2 rings (SSSR count). The highest BCUT2D eigenvalue weighted by atomic mass is 32.2. The van der Waals surface area contributed by atoms with E-state index < -0.39 is 40.4 Å². The van der Waals surface area contributed by atoms with Gasteiger partial charge in [-0.15, -0.1) is 0 Å². The van der Waals surface area contributed by atoms with Gasteiger partial charge in [0.25, 0.3) is 0 Å². The van der Waals surface area contributed by atoms with Gasteiger partial charge < -0.3 is 18.9 Å². The van der Waals surface area contributed by atoms with Crippen LogP contribution in [0, 0.1) is 6.92 Å². The molecule has 1 fully saturated rings. The summed E-state index contributed by atoms with van der Waals surface area (Å²) in [7, 11) is 0.214. The number of benzene rings is 1. The minimum absolute atomic E-state index is 0.0227. The van der Waals surface area contributed by atoms with Gasteiger partial charge >= 0.3 is 6.09 Å². The van der Waals surface area contributed by atoms with Crippen LogP contribution in [0.4, 0.5) is 4.79 Å². The average Bonchev–Trinajstić information content (AvgIpc) is 2.92. The first kappa shape index (κ1) is 23.8. The summed E-state index contributed by atoms with van der Waals surface area (Å²) < 4.78 is 35.3. The molecular formula is C21H33NO6S. The number of carbonyl (C=O) groups is 1. The van der Waals surface area contributed by atoms with Crippen LogP contribution in [-0.4, -0.2) is 64.9 Å². The standard InChI is InChI=1S/C21H33NO6S/c1-15-8-10-16(11-9-15)29(24)13-18(26-14-25-7)17-12-27-21(5,6)22(17)19(23)28-20(2,3)4/h8-11,17-18H,12-14H2,1-7H3/t17-,18+,29?/m0/s1. The minimum Gasteiger partial charge on any atom is -0.444 e. The number of aryl methyl sites for hydroxylation is 1. The molecule has 0 aromatic heterocycles. The number of hydrogen-bond donors (Lipinski definition) is 0. The molecule has 1 unspecified atom stereocenters. The topological polar surface area (TPSA) is 74.3 Å². The molecule has 0 aliphatic carbocycles. The van der Waals surface area contributed by atoms with Gasteiger partial charge in [0.15, 0.2) is 0 Å². The van der Waals surface area contributed by atoms with Crippen LogP contribution in [0.2, 0.25) is 0 Å². The maximum atomic E-state index is 13.0. The molecule has 1 saturated heterocycles. The van der Waals surface area contributed by atoms with Crippen molar-refractivity contribution in [1.29, 1.82) is 0 Å². The predicted octanol–water partition coefficient (Wildman–Crippen LogP) is 3.46. The van der Waals surface area contributed by atoms with E-state index in [1.54, 1.807) is 18.7 Å². The fraction of sp³-hybridized carbons (Fsp3) is 0.667. The van der Waals surface area contributed by atoms with Crippen LogP contribution in [0.25, 0.3) is 0 Å². The van der Waals surface area contributed by atoms with Gasteiger partial charge in [0.2, 0.25) is 0 Å². The van der Waals surface area contributed by atoms with Crippen molar-refractivity contribution in [3.63, 3.8) is 0 Å². The Balaban J connectivity index is 2.25. The van der Waals surface area contributed by atoms with Crippen molar-refractivity contribution in [2.24, 2.45) is 0 Å². The quantitative estimate of drug-likeness (QED) is 0.621. The third-order valence-electron chi connectivity index (χ3n) is 4.54. The fourth-order valence-corrected chi connectivity index (χ4v) is 4.38. The molecule has 0 saturated carbocycles. The molecule has 1 aliphatic heterocycles. The molecule has 8 heteroatoms. The van der Waals surface area contributed by atoms with Crippen LogP contribution in [0.5, 0.6) is 0 Å². The van der Waals surface area contributed by atoms with E-state index in [1.165, 1.54) is 7.11 Å². The number of rotatable bonds is 7. The smallest absolute Gasteiger partial charge is 0.412 e. The third kappa shape index (κ3) is 6.50. The van der Waals surface area contributed by atoms with E-state index in [4.69, 9.17) is 18.9 Å². The molecule has 29 heavy (non-hydrogen) atoms. The lowest BCUT2D eigenvalue weighted by atomic mass is 10.1. The van der Waals surface area contributed by atoms with E-state index in [0.717, 1.165) is 5.56 Å². The Morgan fingerprint density at radius 2 is 1.93 bits per heavy atom. The molecule has 1 aliphatic rings. The van der Waals surface area contributed by atoms with Crippen LogP contribution in [-0.2, 0) is 29.7 Å². The average molecular weight is 428 g/mol. The number of methoxy groups -OCH3 is 1. The summed E-state index contributed by atoms with van der Waals surface area (Å²) in [4.78, 5) is 15.2. The Morgan fingerprint density at radius 1 is 1.31 bits per heavy atom. The molecule has 0 N–H and O–H groups in total.